The first-order valence-corrected chi connectivity index (χ1v) is 7.28. The summed E-state index contributed by atoms with van der Waals surface area (Å²) in [6.07, 6.45) is 0. The Kier molecular flexibility index (Phi) is 2.91. The van der Waals surface area contributed by atoms with Gasteiger partial charge >= 0.3 is 0 Å². The number of carbonyl (C=O) groups excluding carboxylic acids is 2. The first-order valence-electron chi connectivity index (χ1n) is 7.28. The van der Waals surface area contributed by atoms with Crippen LogP contribution in [-0.2, 0) is 0 Å². The lowest BCUT2D eigenvalue weighted by atomic mass is 10.0. The van der Waals surface area contributed by atoms with E-state index in [0.717, 1.165) is 16.0 Å². The number of fused-ring (bicyclic) bond motifs is 1. The topological polar surface area (TPSA) is 50.5 Å². The van der Waals surface area contributed by atoms with Crippen molar-refractivity contribution in [3.63, 3.8) is 0 Å². The van der Waals surface area contributed by atoms with Crippen LogP contribution in [0.4, 0.5) is 0 Å². The summed E-state index contributed by atoms with van der Waals surface area (Å²) >= 11 is 0. The van der Waals surface area contributed by atoms with Crippen LogP contribution in [0.25, 0.3) is 22.6 Å². The summed E-state index contributed by atoms with van der Waals surface area (Å²) in [5.41, 5.74) is 2.26. The van der Waals surface area contributed by atoms with Crippen LogP contribution >= 0.6 is 0 Å². The van der Waals surface area contributed by atoms with Crippen molar-refractivity contribution in [3.8, 4) is 22.6 Å². The van der Waals surface area contributed by atoms with Crippen molar-refractivity contribution in [1.82, 2.24) is 4.90 Å². The van der Waals surface area contributed by atoms with Gasteiger partial charge in [-0.3, -0.25) is 14.5 Å². The summed E-state index contributed by atoms with van der Waals surface area (Å²) in [6.45, 7) is 0. The lowest BCUT2D eigenvalue weighted by Crippen LogP contribution is -2.25. The number of carbonyl (C=O) groups is 2. The third-order valence-corrected chi connectivity index (χ3v) is 4.02. The fourth-order valence-corrected chi connectivity index (χ4v) is 2.85. The van der Waals surface area contributed by atoms with Crippen LogP contribution in [0.1, 0.15) is 20.7 Å². The van der Waals surface area contributed by atoms with Crippen molar-refractivity contribution in [2.45, 2.75) is 0 Å². The molecule has 1 aliphatic heterocycles. The van der Waals surface area contributed by atoms with Gasteiger partial charge in [0, 0.05) is 18.2 Å². The molecular formula is C19H13NO3. The predicted molar refractivity (Wildman–Crippen MR) is 86.0 cm³/mol. The highest BCUT2D eigenvalue weighted by Gasteiger charge is 2.41. The predicted octanol–water partition coefficient (Wildman–Crippen LogP) is 3.84. The number of furan rings is 1. The van der Waals surface area contributed by atoms with Gasteiger partial charge in [-0.1, -0.05) is 60.7 Å². The molecule has 23 heavy (non-hydrogen) atoms. The van der Waals surface area contributed by atoms with E-state index >= 15 is 0 Å². The van der Waals surface area contributed by atoms with Crippen LogP contribution in [0.2, 0.25) is 0 Å². The molecular weight excluding hydrogens is 290 g/mol. The molecule has 0 N–H and O–H groups in total. The molecule has 2 aromatic carbocycles. The van der Waals surface area contributed by atoms with Gasteiger partial charge in [0.2, 0.25) is 0 Å². The Morgan fingerprint density at radius 2 is 1.09 bits per heavy atom. The lowest BCUT2D eigenvalue weighted by Gasteiger charge is -2.07. The summed E-state index contributed by atoms with van der Waals surface area (Å²) in [7, 11) is 1.49. The van der Waals surface area contributed by atoms with Crippen LogP contribution < -0.4 is 0 Å². The Balaban J connectivity index is 2.02. The van der Waals surface area contributed by atoms with Gasteiger partial charge in [-0.25, -0.2) is 0 Å². The molecule has 0 unspecified atom stereocenters. The van der Waals surface area contributed by atoms with Crippen LogP contribution in [0, 0.1) is 0 Å². The minimum atomic E-state index is -0.324. The van der Waals surface area contributed by atoms with Gasteiger partial charge in [0.1, 0.15) is 11.5 Å². The summed E-state index contributed by atoms with van der Waals surface area (Å²) in [6, 6.07) is 18.7. The smallest absolute Gasteiger partial charge is 0.265 e. The molecule has 2 heterocycles. The van der Waals surface area contributed by atoms with Crippen molar-refractivity contribution in [3.05, 3.63) is 71.8 Å². The van der Waals surface area contributed by atoms with Crippen molar-refractivity contribution < 1.29 is 14.0 Å². The van der Waals surface area contributed by atoms with Gasteiger partial charge in [-0.05, 0) is 0 Å². The van der Waals surface area contributed by atoms with Gasteiger partial charge in [0.25, 0.3) is 11.8 Å². The van der Waals surface area contributed by atoms with Crippen LogP contribution in [0.3, 0.4) is 0 Å². The zero-order valence-electron chi connectivity index (χ0n) is 12.4. The number of imide groups is 1. The third-order valence-electron chi connectivity index (χ3n) is 4.02. The molecule has 0 saturated carbocycles. The summed E-state index contributed by atoms with van der Waals surface area (Å²) in [5.74, 6) is 0.244. The van der Waals surface area contributed by atoms with Gasteiger partial charge in [-0.2, -0.15) is 0 Å². The van der Waals surface area contributed by atoms with Crippen molar-refractivity contribution in [2.75, 3.05) is 7.05 Å². The van der Waals surface area contributed by atoms with Gasteiger partial charge in [0.05, 0.1) is 11.1 Å². The fourth-order valence-electron chi connectivity index (χ4n) is 2.85. The summed E-state index contributed by atoms with van der Waals surface area (Å²) in [5, 5.41) is 0. The average molecular weight is 303 g/mol. The normalized spacial score (nSPS) is 13.5. The number of nitrogens with zero attached hydrogens (tertiary/aromatic N) is 1. The fraction of sp³-hybridized carbons (Fsp3) is 0.0526. The number of amides is 2. The van der Waals surface area contributed by atoms with E-state index in [1.807, 2.05) is 60.7 Å². The zero-order valence-corrected chi connectivity index (χ0v) is 12.4. The lowest BCUT2D eigenvalue weighted by molar-refractivity contribution is 0.0691. The molecule has 4 nitrogen and oxygen atoms in total. The number of rotatable bonds is 2. The van der Waals surface area contributed by atoms with Gasteiger partial charge in [0.15, 0.2) is 0 Å². The van der Waals surface area contributed by atoms with Crippen molar-refractivity contribution >= 4 is 11.8 Å². The van der Waals surface area contributed by atoms with E-state index < -0.39 is 0 Å². The minimum Gasteiger partial charge on any atom is -0.454 e. The summed E-state index contributed by atoms with van der Waals surface area (Å²) in [4.78, 5) is 26.1. The molecule has 3 aromatic rings. The Hall–Kier alpha value is -3.14. The van der Waals surface area contributed by atoms with E-state index in [2.05, 4.69) is 0 Å². The first-order chi connectivity index (χ1) is 11.2. The van der Waals surface area contributed by atoms with E-state index in [1.54, 1.807) is 0 Å². The number of benzene rings is 2. The standard InChI is InChI=1S/C19H13NO3/c1-20-18(21)14-15(19(20)22)17(13-10-6-3-7-11-13)23-16(14)12-8-4-2-5-9-12/h2-11H,1H3. The third kappa shape index (κ3) is 1.92. The quantitative estimate of drug-likeness (QED) is 0.676. The SMILES string of the molecule is CN1C(=O)c2c(-c3ccccc3)oc(-c3ccccc3)c2C1=O. The van der Waals surface area contributed by atoms with E-state index in [1.165, 1.54) is 7.05 Å². The Morgan fingerprint density at radius 3 is 1.48 bits per heavy atom. The Bertz CT molecular complexity index is 837. The second-order valence-electron chi connectivity index (χ2n) is 5.41. The number of hydrogen-bond donors (Lipinski definition) is 0. The Labute approximate surface area is 133 Å². The van der Waals surface area contributed by atoms with E-state index in [4.69, 9.17) is 4.42 Å². The largest absolute Gasteiger partial charge is 0.454 e. The molecule has 2 amide bonds. The second kappa shape index (κ2) is 4.95. The van der Waals surface area contributed by atoms with Crippen LogP contribution in [0.5, 0.6) is 0 Å². The maximum absolute atomic E-state index is 12.5. The average Bonchev–Trinajstić information content (AvgIpc) is 3.10. The van der Waals surface area contributed by atoms with Crippen LogP contribution in [0.15, 0.2) is 65.1 Å². The molecule has 0 spiro atoms. The monoisotopic (exact) mass is 303 g/mol. The molecule has 1 aliphatic rings. The molecule has 0 fully saturated rings. The zero-order chi connectivity index (χ0) is 16.0. The molecule has 0 saturated heterocycles. The molecule has 0 aliphatic carbocycles. The molecule has 1 aromatic heterocycles. The number of hydrogen-bond acceptors (Lipinski definition) is 3. The van der Waals surface area contributed by atoms with Gasteiger partial charge < -0.3 is 4.42 Å². The molecule has 112 valence electrons. The van der Waals surface area contributed by atoms with Gasteiger partial charge in [-0.15, -0.1) is 0 Å². The minimum absolute atomic E-state index is 0.324. The highest BCUT2D eigenvalue weighted by Crippen LogP contribution is 2.41. The summed E-state index contributed by atoms with van der Waals surface area (Å²) < 4.78 is 5.98. The highest BCUT2D eigenvalue weighted by molar-refractivity contribution is 6.25. The van der Waals surface area contributed by atoms with Crippen LogP contribution in [-0.4, -0.2) is 23.8 Å². The molecule has 4 heteroatoms. The van der Waals surface area contributed by atoms with E-state index in [9.17, 15) is 9.59 Å². The first kappa shape index (κ1) is 13.5. The van der Waals surface area contributed by atoms with E-state index in [0.29, 0.717) is 22.6 Å². The highest BCUT2D eigenvalue weighted by atomic mass is 16.3. The second-order valence-corrected chi connectivity index (χ2v) is 5.41. The molecule has 0 bridgehead atoms. The maximum atomic E-state index is 12.5. The molecule has 0 radical (unpaired) electrons. The van der Waals surface area contributed by atoms with Crippen molar-refractivity contribution in [1.29, 1.82) is 0 Å². The molecule has 4 rings (SSSR count). The van der Waals surface area contributed by atoms with E-state index in [-0.39, 0.29) is 11.8 Å². The van der Waals surface area contributed by atoms with Crippen molar-refractivity contribution in [2.24, 2.45) is 0 Å². The Morgan fingerprint density at radius 1 is 0.696 bits per heavy atom. The maximum Gasteiger partial charge on any atom is 0.265 e. The molecule has 0 atom stereocenters.